The van der Waals surface area contributed by atoms with Gasteiger partial charge in [-0.15, -0.1) is 0 Å². The van der Waals surface area contributed by atoms with Gasteiger partial charge in [0, 0.05) is 23.5 Å². The Balaban J connectivity index is 1.76. The van der Waals surface area contributed by atoms with Crippen LogP contribution < -0.4 is 21.7 Å². The highest BCUT2D eigenvalue weighted by molar-refractivity contribution is 5.95. The first-order valence-corrected chi connectivity index (χ1v) is 12.8. The summed E-state index contributed by atoms with van der Waals surface area (Å²) in [5.41, 5.74) is 8.65. The number of carboxylic acids is 1. The predicted octanol–water partition coefficient (Wildman–Crippen LogP) is -0.419. The monoisotopic (exact) mass is 553 g/mol. The van der Waals surface area contributed by atoms with Crippen LogP contribution in [0.4, 0.5) is 0 Å². The van der Waals surface area contributed by atoms with Crippen molar-refractivity contribution in [1.82, 2.24) is 20.9 Å². The van der Waals surface area contributed by atoms with Crippen LogP contribution in [0.3, 0.4) is 0 Å². The Bertz CT molecular complexity index is 1320. The number of carboxylic acid groups (broad SMARTS) is 1. The Morgan fingerprint density at radius 3 is 2.02 bits per heavy atom. The Labute approximate surface area is 231 Å². The molecule has 214 valence electrons. The number of para-hydroxylation sites is 1. The molecule has 12 nitrogen and oxygen atoms in total. The van der Waals surface area contributed by atoms with Gasteiger partial charge in [-0.3, -0.25) is 14.4 Å². The number of nitrogens with one attached hydrogen (secondary N) is 4. The molecule has 1 aromatic heterocycles. The van der Waals surface area contributed by atoms with Crippen LogP contribution in [0, 0.1) is 0 Å². The van der Waals surface area contributed by atoms with Gasteiger partial charge in [-0.2, -0.15) is 0 Å². The normalized spacial score (nSPS) is 15.7. The van der Waals surface area contributed by atoms with Gasteiger partial charge in [0.1, 0.15) is 12.1 Å². The zero-order valence-corrected chi connectivity index (χ0v) is 22.2. The van der Waals surface area contributed by atoms with Gasteiger partial charge in [-0.05, 0) is 37.5 Å². The van der Waals surface area contributed by atoms with E-state index in [1.807, 2.05) is 24.3 Å². The van der Waals surface area contributed by atoms with Crippen molar-refractivity contribution in [3.8, 4) is 0 Å². The van der Waals surface area contributed by atoms with Gasteiger partial charge in [0.15, 0.2) is 6.04 Å². The van der Waals surface area contributed by atoms with Gasteiger partial charge < -0.3 is 42.0 Å². The molecule has 0 saturated carbocycles. The SMILES string of the molecule is CC(O)C(NC(=O)C(NC(=O)C(Cc1ccccc1)NC(=O)C(N)Cc1c[nH]c2ccccc12)C(C)O)C(=O)O. The van der Waals surface area contributed by atoms with E-state index in [-0.39, 0.29) is 12.8 Å². The molecule has 6 atom stereocenters. The minimum Gasteiger partial charge on any atom is -0.480 e. The van der Waals surface area contributed by atoms with Crippen molar-refractivity contribution >= 4 is 34.6 Å². The molecule has 0 radical (unpaired) electrons. The number of carbonyl (C=O) groups is 4. The van der Waals surface area contributed by atoms with Crippen LogP contribution in [-0.2, 0) is 32.0 Å². The second-order valence-electron chi connectivity index (χ2n) is 9.71. The summed E-state index contributed by atoms with van der Waals surface area (Å²) in [5.74, 6) is -3.89. The van der Waals surface area contributed by atoms with Crippen molar-refractivity contribution in [2.75, 3.05) is 0 Å². The molecule has 6 unspecified atom stereocenters. The van der Waals surface area contributed by atoms with E-state index in [1.54, 1.807) is 36.5 Å². The Hall–Kier alpha value is -4.26. The van der Waals surface area contributed by atoms with E-state index in [1.165, 1.54) is 13.8 Å². The fourth-order valence-corrected chi connectivity index (χ4v) is 4.26. The third-order valence-corrected chi connectivity index (χ3v) is 6.48. The smallest absolute Gasteiger partial charge is 0.328 e. The lowest BCUT2D eigenvalue weighted by atomic mass is 10.0. The summed E-state index contributed by atoms with van der Waals surface area (Å²) in [6, 6.07) is 11.0. The fourth-order valence-electron chi connectivity index (χ4n) is 4.26. The lowest BCUT2D eigenvalue weighted by molar-refractivity contribution is -0.146. The second kappa shape index (κ2) is 13.7. The van der Waals surface area contributed by atoms with E-state index in [2.05, 4.69) is 20.9 Å². The first kappa shape index (κ1) is 30.3. The molecule has 0 aliphatic carbocycles. The summed E-state index contributed by atoms with van der Waals surface area (Å²) < 4.78 is 0. The zero-order chi connectivity index (χ0) is 29.4. The van der Waals surface area contributed by atoms with Crippen LogP contribution in [0.2, 0.25) is 0 Å². The number of fused-ring (bicyclic) bond motifs is 1. The number of aromatic nitrogens is 1. The van der Waals surface area contributed by atoms with Gasteiger partial charge in [0.05, 0.1) is 18.2 Å². The number of hydrogen-bond donors (Lipinski definition) is 8. The van der Waals surface area contributed by atoms with Gasteiger partial charge in [-0.25, -0.2) is 4.79 Å². The Morgan fingerprint density at radius 1 is 0.800 bits per heavy atom. The maximum atomic E-state index is 13.3. The average molecular weight is 554 g/mol. The molecule has 0 bridgehead atoms. The van der Waals surface area contributed by atoms with Crippen molar-refractivity contribution in [3.05, 3.63) is 71.9 Å². The minimum absolute atomic E-state index is 0.0534. The van der Waals surface area contributed by atoms with Crippen molar-refractivity contribution in [2.24, 2.45) is 5.73 Å². The van der Waals surface area contributed by atoms with Crippen LogP contribution in [0.25, 0.3) is 10.9 Å². The molecule has 1 heterocycles. The maximum absolute atomic E-state index is 13.3. The number of hydrogen-bond acceptors (Lipinski definition) is 7. The number of rotatable bonds is 13. The average Bonchev–Trinajstić information content (AvgIpc) is 3.32. The molecule has 9 N–H and O–H groups in total. The molecule has 3 amide bonds. The number of aliphatic hydroxyl groups is 2. The molecule has 0 saturated heterocycles. The van der Waals surface area contributed by atoms with Crippen molar-refractivity contribution in [3.63, 3.8) is 0 Å². The first-order valence-electron chi connectivity index (χ1n) is 12.8. The van der Waals surface area contributed by atoms with Gasteiger partial charge in [-0.1, -0.05) is 48.5 Å². The van der Waals surface area contributed by atoms with Crippen LogP contribution in [-0.4, -0.2) is 80.4 Å². The molecule has 12 heteroatoms. The molecule has 2 aromatic carbocycles. The van der Waals surface area contributed by atoms with E-state index in [9.17, 15) is 34.5 Å². The first-order chi connectivity index (χ1) is 19.0. The summed E-state index contributed by atoms with van der Waals surface area (Å²) in [6.45, 7) is 2.42. The van der Waals surface area contributed by atoms with Crippen LogP contribution in [0.5, 0.6) is 0 Å². The Kier molecular flexibility index (Phi) is 10.4. The molecule has 3 aromatic rings. The third-order valence-electron chi connectivity index (χ3n) is 6.48. The summed E-state index contributed by atoms with van der Waals surface area (Å²) in [7, 11) is 0. The molecule has 0 aliphatic heterocycles. The number of benzene rings is 2. The number of aliphatic hydroxyl groups excluding tert-OH is 2. The quantitative estimate of drug-likeness (QED) is 0.139. The minimum atomic E-state index is -1.66. The Morgan fingerprint density at radius 2 is 1.40 bits per heavy atom. The molecule has 0 spiro atoms. The topological polar surface area (TPSA) is 207 Å². The van der Waals surface area contributed by atoms with Crippen molar-refractivity contribution in [2.45, 2.75) is 63.1 Å². The number of carbonyl (C=O) groups excluding carboxylic acids is 3. The standard InChI is InChI=1S/C28H35N5O7/c1-15(34)23(27(38)33-24(16(2)35)28(39)40)32-26(37)22(12-17-8-4-3-5-9-17)31-25(36)20(29)13-18-14-30-21-11-7-6-10-19(18)21/h3-11,14-16,20,22-24,30,34-35H,12-13,29H2,1-2H3,(H,31,36)(H,32,37)(H,33,38)(H,39,40). The van der Waals surface area contributed by atoms with Crippen LogP contribution in [0.1, 0.15) is 25.0 Å². The molecule has 0 aliphatic rings. The van der Waals surface area contributed by atoms with Crippen LogP contribution >= 0.6 is 0 Å². The van der Waals surface area contributed by atoms with Gasteiger partial charge >= 0.3 is 5.97 Å². The van der Waals surface area contributed by atoms with Crippen molar-refractivity contribution < 1.29 is 34.5 Å². The highest BCUT2D eigenvalue weighted by Gasteiger charge is 2.34. The second-order valence-corrected chi connectivity index (χ2v) is 9.71. The highest BCUT2D eigenvalue weighted by atomic mass is 16.4. The summed E-state index contributed by atoms with van der Waals surface area (Å²) >= 11 is 0. The lowest BCUT2D eigenvalue weighted by Crippen LogP contribution is -2.61. The third kappa shape index (κ3) is 7.88. The summed E-state index contributed by atoms with van der Waals surface area (Å²) in [5, 5.41) is 37.2. The predicted molar refractivity (Wildman–Crippen MR) is 147 cm³/mol. The van der Waals surface area contributed by atoms with E-state index >= 15 is 0 Å². The van der Waals surface area contributed by atoms with Crippen molar-refractivity contribution in [1.29, 1.82) is 0 Å². The highest BCUT2D eigenvalue weighted by Crippen LogP contribution is 2.19. The number of amides is 3. The lowest BCUT2D eigenvalue weighted by Gasteiger charge is -2.27. The number of nitrogens with two attached hydrogens (primary N) is 1. The number of aromatic amines is 1. The fraction of sp³-hybridized carbons (Fsp3) is 0.357. The molecular weight excluding hydrogens is 518 g/mol. The molecular formula is C28H35N5O7. The van der Waals surface area contributed by atoms with Crippen LogP contribution in [0.15, 0.2) is 60.8 Å². The van der Waals surface area contributed by atoms with Gasteiger partial charge in [0.25, 0.3) is 0 Å². The van der Waals surface area contributed by atoms with E-state index in [0.29, 0.717) is 5.56 Å². The number of aliphatic carboxylic acids is 1. The molecule has 0 fully saturated rings. The largest absolute Gasteiger partial charge is 0.480 e. The zero-order valence-electron chi connectivity index (χ0n) is 22.2. The van der Waals surface area contributed by atoms with E-state index in [0.717, 1.165) is 16.5 Å². The summed E-state index contributed by atoms with van der Waals surface area (Å²) in [6.07, 6.45) is -0.836. The number of H-pyrrole nitrogens is 1. The van der Waals surface area contributed by atoms with E-state index < -0.39 is 60.1 Å². The summed E-state index contributed by atoms with van der Waals surface area (Å²) in [4.78, 5) is 53.7. The van der Waals surface area contributed by atoms with E-state index in [4.69, 9.17) is 5.73 Å². The molecule has 40 heavy (non-hydrogen) atoms. The molecule has 3 rings (SSSR count). The maximum Gasteiger partial charge on any atom is 0.328 e. The van der Waals surface area contributed by atoms with Gasteiger partial charge in [0.2, 0.25) is 17.7 Å².